The zero-order chi connectivity index (χ0) is 23.1. The monoisotopic (exact) mass is 455 g/mol. The minimum absolute atomic E-state index is 0.132. The second kappa shape index (κ2) is 10.1. The molecule has 0 atom stereocenters. The van der Waals surface area contributed by atoms with E-state index >= 15 is 0 Å². The number of ether oxygens (including phenoxy) is 1. The fraction of sp³-hybridized carbons (Fsp3) is 0.130. The van der Waals surface area contributed by atoms with Crippen LogP contribution >= 0.6 is 0 Å². The minimum Gasteiger partial charge on any atom is -0.497 e. The average molecular weight is 456 g/mol. The van der Waals surface area contributed by atoms with Gasteiger partial charge in [-0.05, 0) is 61.0 Å². The van der Waals surface area contributed by atoms with Gasteiger partial charge in [-0.15, -0.1) is 0 Å². The highest BCUT2D eigenvalue weighted by molar-refractivity contribution is 7.92. The Morgan fingerprint density at radius 2 is 1.78 bits per heavy atom. The highest BCUT2D eigenvalue weighted by atomic mass is 32.2. The number of rotatable bonds is 8. The van der Waals surface area contributed by atoms with Crippen LogP contribution in [0.3, 0.4) is 0 Å². The summed E-state index contributed by atoms with van der Waals surface area (Å²) in [5.41, 5.74) is 4.26. The van der Waals surface area contributed by atoms with Crippen molar-refractivity contribution in [1.29, 1.82) is 0 Å². The van der Waals surface area contributed by atoms with Crippen LogP contribution < -0.4 is 14.5 Å². The highest BCUT2D eigenvalue weighted by Crippen LogP contribution is 2.24. The number of amides is 1. The van der Waals surface area contributed by atoms with E-state index in [0.717, 1.165) is 34.1 Å². The molecule has 3 rings (SSSR count). The maximum atomic E-state index is 13.3. The fourth-order valence-electron chi connectivity index (χ4n) is 2.83. The van der Waals surface area contributed by atoms with Gasteiger partial charge in [0.25, 0.3) is 15.9 Å². The van der Waals surface area contributed by atoms with Crippen molar-refractivity contribution in [3.05, 3.63) is 89.7 Å². The van der Waals surface area contributed by atoms with E-state index in [1.807, 2.05) is 6.92 Å². The summed E-state index contributed by atoms with van der Waals surface area (Å²) in [6.45, 7) is 1.35. The lowest BCUT2D eigenvalue weighted by Crippen LogP contribution is -2.39. The van der Waals surface area contributed by atoms with Crippen LogP contribution in [0.1, 0.15) is 11.1 Å². The number of hydrogen-bond donors (Lipinski definition) is 1. The topological polar surface area (TPSA) is 88.1 Å². The zero-order valence-corrected chi connectivity index (χ0v) is 18.3. The molecule has 0 spiro atoms. The maximum absolute atomic E-state index is 13.3. The van der Waals surface area contributed by atoms with Gasteiger partial charge in [-0.1, -0.05) is 29.8 Å². The van der Waals surface area contributed by atoms with Crippen molar-refractivity contribution in [3.8, 4) is 5.75 Å². The van der Waals surface area contributed by atoms with Crippen molar-refractivity contribution >= 4 is 27.8 Å². The second-order valence-corrected chi connectivity index (χ2v) is 8.73. The molecule has 0 unspecified atom stereocenters. The number of sulfonamides is 1. The van der Waals surface area contributed by atoms with E-state index in [0.29, 0.717) is 17.0 Å². The lowest BCUT2D eigenvalue weighted by molar-refractivity contribution is -0.119. The van der Waals surface area contributed by atoms with Crippen LogP contribution in [0.25, 0.3) is 0 Å². The summed E-state index contributed by atoms with van der Waals surface area (Å²) in [4.78, 5) is 12.4. The molecule has 0 bridgehead atoms. The predicted octanol–water partition coefficient (Wildman–Crippen LogP) is 3.49. The van der Waals surface area contributed by atoms with Crippen LogP contribution in [0.2, 0.25) is 0 Å². The molecule has 0 aliphatic carbocycles. The van der Waals surface area contributed by atoms with Crippen molar-refractivity contribution < 1.29 is 22.3 Å². The number of hydrazone groups is 1. The first-order valence-corrected chi connectivity index (χ1v) is 11.0. The third-order valence-corrected chi connectivity index (χ3v) is 6.30. The van der Waals surface area contributed by atoms with E-state index in [4.69, 9.17) is 4.74 Å². The predicted molar refractivity (Wildman–Crippen MR) is 121 cm³/mol. The van der Waals surface area contributed by atoms with E-state index < -0.39 is 28.3 Å². The van der Waals surface area contributed by atoms with Crippen LogP contribution in [0.5, 0.6) is 5.75 Å². The lowest BCUT2D eigenvalue weighted by atomic mass is 10.2. The number of carbonyl (C=O) groups is 1. The van der Waals surface area contributed by atoms with Crippen LogP contribution in [0, 0.1) is 12.7 Å². The number of anilines is 1. The SMILES string of the molecule is COc1cccc(C=NNC(=O)CN(c2ccc(C)cc2)S(=O)(=O)c2ccc(F)cc2)c1. The van der Waals surface area contributed by atoms with Gasteiger partial charge >= 0.3 is 0 Å². The van der Waals surface area contributed by atoms with Gasteiger partial charge in [0.15, 0.2) is 0 Å². The lowest BCUT2D eigenvalue weighted by Gasteiger charge is -2.23. The molecule has 0 saturated carbocycles. The van der Waals surface area contributed by atoms with Crippen molar-refractivity contribution in [2.45, 2.75) is 11.8 Å². The number of hydrogen-bond acceptors (Lipinski definition) is 5. The first-order valence-electron chi connectivity index (χ1n) is 9.60. The quantitative estimate of drug-likeness (QED) is 0.416. The summed E-state index contributed by atoms with van der Waals surface area (Å²) < 4.78 is 45.8. The molecule has 0 fully saturated rings. The van der Waals surface area contributed by atoms with E-state index in [1.54, 1.807) is 55.6 Å². The highest BCUT2D eigenvalue weighted by Gasteiger charge is 2.27. The first kappa shape index (κ1) is 23.0. The normalized spacial score (nSPS) is 11.3. The molecule has 0 aliphatic heterocycles. The van der Waals surface area contributed by atoms with Gasteiger partial charge in [-0.25, -0.2) is 18.2 Å². The van der Waals surface area contributed by atoms with Gasteiger partial charge in [0.05, 0.1) is 23.9 Å². The second-order valence-electron chi connectivity index (χ2n) is 6.87. The largest absolute Gasteiger partial charge is 0.497 e. The Labute approximate surface area is 186 Å². The Morgan fingerprint density at radius 1 is 1.09 bits per heavy atom. The van der Waals surface area contributed by atoms with Crippen LogP contribution in [-0.2, 0) is 14.8 Å². The molecule has 3 aromatic carbocycles. The van der Waals surface area contributed by atoms with Crippen molar-refractivity contribution in [2.24, 2.45) is 5.10 Å². The molecule has 166 valence electrons. The van der Waals surface area contributed by atoms with Crippen molar-refractivity contribution in [1.82, 2.24) is 5.43 Å². The smallest absolute Gasteiger partial charge is 0.264 e. The molecule has 0 aromatic heterocycles. The molecule has 7 nitrogen and oxygen atoms in total. The molecule has 1 amide bonds. The molecule has 1 N–H and O–H groups in total. The number of benzene rings is 3. The third-order valence-electron chi connectivity index (χ3n) is 4.51. The number of halogens is 1. The van der Waals surface area contributed by atoms with E-state index in [9.17, 15) is 17.6 Å². The summed E-state index contributed by atoms with van der Waals surface area (Å²) in [5.74, 6) is -0.568. The summed E-state index contributed by atoms with van der Waals surface area (Å²) in [5, 5.41) is 3.89. The summed E-state index contributed by atoms with van der Waals surface area (Å²) in [6.07, 6.45) is 1.42. The Bertz CT molecular complexity index is 1210. The molecule has 0 radical (unpaired) electrons. The Kier molecular flexibility index (Phi) is 7.21. The molecular weight excluding hydrogens is 433 g/mol. The standard InChI is InChI=1S/C23H22FN3O4S/c1-17-6-10-20(11-7-17)27(32(29,30)22-12-8-19(24)9-13-22)16-23(28)26-25-15-18-4-3-5-21(14-18)31-2/h3-15H,16H2,1-2H3,(H,26,28). The Hall–Kier alpha value is -3.72. The Balaban J connectivity index is 1.82. The van der Waals surface area contributed by atoms with Gasteiger partial charge in [0.1, 0.15) is 18.1 Å². The molecule has 0 heterocycles. The number of nitrogens with one attached hydrogen (secondary N) is 1. The number of nitrogens with zero attached hydrogens (tertiary/aromatic N) is 2. The van der Waals surface area contributed by atoms with Gasteiger partial charge in [-0.3, -0.25) is 9.10 Å². The number of methoxy groups -OCH3 is 1. The zero-order valence-electron chi connectivity index (χ0n) is 17.5. The molecule has 0 aliphatic rings. The first-order chi connectivity index (χ1) is 15.3. The third kappa shape index (κ3) is 5.70. The van der Waals surface area contributed by atoms with Gasteiger partial charge in [0.2, 0.25) is 0 Å². The maximum Gasteiger partial charge on any atom is 0.264 e. The van der Waals surface area contributed by atoms with Gasteiger partial charge in [0, 0.05) is 0 Å². The van der Waals surface area contributed by atoms with Crippen molar-refractivity contribution in [3.63, 3.8) is 0 Å². The van der Waals surface area contributed by atoms with E-state index in [2.05, 4.69) is 10.5 Å². The summed E-state index contributed by atoms with van der Waals surface area (Å²) in [7, 11) is -2.59. The molecule has 32 heavy (non-hydrogen) atoms. The molecule has 0 saturated heterocycles. The molecule has 9 heteroatoms. The van der Waals surface area contributed by atoms with Gasteiger partial charge < -0.3 is 4.74 Å². The van der Waals surface area contributed by atoms with Crippen molar-refractivity contribution in [2.75, 3.05) is 18.0 Å². The van der Waals surface area contributed by atoms with E-state index in [-0.39, 0.29) is 4.90 Å². The fourth-order valence-corrected chi connectivity index (χ4v) is 4.25. The van der Waals surface area contributed by atoms with Crippen LogP contribution in [0.15, 0.2) is 82.8 Å². The van der Waals surface area contributed by atoms with E-state index in [1.165, 1.54) is 6.21 Å². The summed E-state index contributed by atoms with van der Waals surface area (Å²) >= 11 is 0. The summed E-state index contributed by atoms with van der Waals surface area (Å²) in [6, 6.07) is 18.1. The average Bonchev–Trinajstić information content (AvgIpc) is 2.78. The number of aryl methyl sites for hydroxylation is 1. The number of carbonyl (C=O) groups excluding carboxylic acids is 1. The van der Waals surface area contributed by atoms with Crippen LogP contribution in [0.4, 0.5) is 10.1 Å². The molecule has 3 aromatic rings. The molecular formula is C23H22FN3O4S. The van der Waals surface area contributed by atoms with Gasteiger partial charge in [-0.2, -0.15) is 5.10 Å². The van der Waals surface area contributed by atoms with Crippen LogP contribution in [-0.4, -0.2) is 34.2 Å². The minimum atomic E-state index is -4.13. The Morgan fingerprint density at radius 3 is 2.44 bits per heavy atom.